The average Bonchev–Trinajstić information content (AvgIpc) is 2.82. The van der Waals surface area contributed by atoms with Gasteiger partial charge in [0, 0.05) is 32.4 Å². The lowest BCUT2D eigenvalue weighted by molar-refractivity contribution is 0.0945. The normalized spacial score (nSPS) is 10.1. The van der Waals surface area contributed by atoms with E-state index in [0.29, 0.717) is 12.4 Å². The number of hydrogen-bond donors (Lipinski definition) is 2. The molecule has 0 aliphatic carbocycles. The van der Waals surface area contributed by atoms with Crippen molar-refractivity contribution >= 4 is 11.7 Å². The molecule has 2 rings (SSSR count). The van der Waals surface area contributed by atoms with E-state index < -0.39 is 0 Å². The Labute approximate surface area is 104 Å². The molecule has 0 spiro atoms. The highest BCUT2D eigenvalue weighted by Crippen LogP contribution is 2.01. The molecule has 2 aromatic rings. The van der Waals surface area contributed by atoms with Gasteiger partial charge in [-0.2, -0.15) is 5.10 Å². The second-order valence-corrected chi connectivity index (χ2v) is 3.74. The van der Waals surface area contributed by atoms with E-state index in [9.17, 15) is 4.79 Å². The third kappa shape index (κ3) is 2.82. The third-order valence-corrected chi connectivity index (χ3v) is 2.33. The number of amides is 1. The van der Waals surface area contributed by atoms with Gasteiger partial charge in [0.2, 0.25) is 0 Å². The molecule has 2 heterocycles. The summed E-state index contributed by atoms with van der Waals surface area (Å²) in [5.74, 6) is 0.299. The zero-order valence-corrected chi connectivity index (χ0v) is 10.2. The van der Waals surface area contributed by atoms with E-state index in [1.54, 1.807) is 24.1 Å². The fourth-order valence-corrected chi connectivity index (χ4v) is 1.43. The largest absolute Gasteiger partial charge is 0.372 e. The number of hydrogen-bond acceptors (Lipinski definition) is 5. The topological polar surface area (TPSA) is 84.7 Å². The smallest absolute Gasteiger partial charge is 0.271 e. The van der Waals surface area contributed by atoms with Crippen LogP contribution < -0.4 is 10.6 Å². The van der Waals surface area contributed by atoms with E-state index in [0.717, 1.165) is 5.56 Å². The van der Waals surface area contributed by atoms with Crippen LogP contribution >= 0.6 is 0 Å². The van der Waals surface area contributed by atoms with Crippen LogP contribution in [0.1, 0.15) is 16.1 Å². The fraction of sp³-hybridized carbons (Fsp3) is 0.273. The lowest BCUT2D eigenvalue weighted by Crippen LogP contribution is -2.24. The van der Waals surface area contributed by atoms with Gasteiger partial charge in [-0.15, -0.1) is 0 Å². The third-order valence-electron chi connectivity index (χ3n) is 2.33. The highest BCUT2D eigenvalue weighted by atomic mass is 16.1. The van der Waals surface area contributed by atoms with Crippen LogP contribution in [0.3, 0.4) is 0 Å². The number of anilines is 1. The monoisotopic (exact) mass is 246 g/mol. The SMILES string of the molecule is CNc1cncc(C(=O)NCc2cnn(C)c2)n1. The van der Waals surface area contributed by atoms with E-state index in [1.165, 1.54) is 6.20 Å². The summed E-state index contributed by atoms with van der Waals surface area (Å²) in [6, 6.07) is 0. The first kappa shape index (κ1) is 12.0. The second-order valence-electron chi connectivity index (χ2n) is 3.74. The highest BCUT2D eigenvalue weighted by molar-refractivity contribution is 5.92. The number of aromatic nitrogens is 4. The minimum atomic E-state index is -0.261. The Bertz CT molecular complexity index is 550. The number of nitrogens with one attached hydrogen (secondary N) is 2. The maximum Gasteiger partial charge on any atom is 0.271 e. The fourth-order valence-electron chi connectivity index (χ4n) is 1.43. The van der Waals surface area contributed by atoms with Crippen molar-refractivity contribution in [2.75, 3.05) is 12.4 Å². The van der Waals surface area contributed by atoms with Crippen LogP contribution in [0.2, 0.25) is 0 Å². The number of rotatable bonds is 4. The summed E-state index contributed by atoms with van der Waals surface area (Å²) in [7, 11) is 3.55. The molecule has 0 aliphatic heterocycles. The first-order valence-electron chi connectivity index (χ1n) is 5.44. The van der Waals surface area contributed by atoms with Crippen LogP contribution in [0.5, 0.6) is 0 Å². The lowest BCUT2D eigenvalue weighted by atomic mass is 10.3. The van der Waals surface area contributed by atoms with E-state index >= 15 is 0 Å². The molecular weight excluding hydrogens is 232 g/mol. The van der Waals surface area contributed by atoms with Crippen molar-refractivity contribution in [2.24, 2.45) is 7.05 Å². The van der Waals surface area contributed by atoms with Crippen molar-refractivity contribution in [2.45, 2.75) is 6.54 Å². The molecular formula is C11H14N6O. The van der Waals surface area contributed by atoms with Crippen molar-refractivity contribution in [3.05, 3.63) is 36.0 Å². The van der Waals surface area contributed by atoms with Crippen molar-refractivity contribution in [1.82, 2.24) is 25.1 Å². The van der Waals surface area contributed by atoms with Gasteiger partial charge in [0.15, 0.2) is 0 Å². The molecule has 2 N–H and O–H groups in total. The Balaban J connectivity index is 1.99. The van der Waals surface area contributed by atoms with Gasteiger partial charge in [-0.3, -0.25) is 14.5 Å². The molecule has 0 atom stereocenters. The zero-order chi connectivity index (χ0) is 13.0. The van der Waals surface area contributed by atoms with E-state index in [4.69, 9.17) is 0 Å². The van der Waals surface area contributed by atoms with Crippen LogP contribution in [0.4, 0.5) is 5.82 Å². The number of nitrogens with zero attached hydrogens (tertiary/aromatic N) is 4. The van der Waals surface area contributed by atoms with Crippen LogP contribution in [0.15, 0.2) is 24.8 Å². The van der Waals surface area contributed by atoms with Crippen LogP contribution in [-0.4, -0.2) is 32.7 Å². The molecule has 0 unspecified atom stereocenters. The predicted molar refractivity (Wildman–Crippen MR) is 66.0 cm³/mol. The van der Waals surface area contributed by atoms with E-state index in [-0.39, 0.29) is 11.6 Å². The van der Waals surface area contributed by atoms with Crippen LogP contribution in [0, 0.1) is 0 Å². The van der Waals surface area contributed by atoms with Crippen molar-refractivity contribution in [3.63, 3.8) is 0 Å². The second kappa shape index (κ2) is 5.26. The standard InChI is InChI=1S/C11H14N6O/c1-12-10-6-13-5-9(16-10)11(18)14-3-8-4-15-17(2)7-8/h4-7H,3H2,1-2H3,(H,12,16)(H,14,18). The molecule has 0 fully saturated rings. The molecule has 7 heteroatoms. The van der Waals surface area contributed by atoms with Crippen LogP contribution in [-0.2, 0) is 13.6 Å². The summed E-state index contributed by atoms with van der Waals surface area (Å²) in [4.78, 5) is 19.9. The summed E-state index contributed by atoms with van der Waals surface area (Å²) in [6.07, 6.45) is 6.53. The van der Waals surface area contributed by atoms with Gasteiger partial charge in [-0.25, -0.2) is 4.98 Å². The Hall–Kier alpha value is -2.44. The molecule has 18 heavy (non-hydrogen) atoms. The van der Waals surface area contributed by atoms with Crippen molar-refractivity contribution in [3.8, 4) is 0 Å². The molecule has 0 aliphatic rings. The highest BCUT2D eigenvalue weighted by Gasteiger charge is 2.08. The summed E-state index contributed by atoms with van der Waals surface area (Å²) in [6.45, 7) is 0.415. The number of carbonyl (C=O) groups is 1. The summed E-state index contributed by atoms with van der Waals surface area (Å²) >= 11 is 0. The molecule has 0 radical (unpaired) electrons. The van der Waals surface area contributed by atoms with Gasteiger partial charge in [0.05, 0.1) is 18.6 Å². The maximum absolute atomic E-state index is 11.8. The number of aryl methyl sites for hydroxylation is 1. The minimum absolute atomic E-state index is 0.261. The minimum Gasteiger partial charge on any atom is -0.372 e. The van der Waals surface area contributed by atoms with Crippen molar-refractivity contribution in [1.29, 1.82) is 0 Å². The van der Waals surface area contributed by atoms with Gasteiger partial charge >= 0.3 is 0 Å². The number of carbonyl (C=O) groups excluding carboxylic acids is 1. The van der Waals surface area contributed by atoms with Gasteiger partial charge in [0.25, 0.3) is 5.91 Å². The first-order valence-corrected chi connectivity index (χ1v) is 5.44. The molecule has 0 saturated heterocycles. The molecule has 7 nitrogen and oxygen atoms in total. The van der Waals surface area contributed by atoms with Gasteiger partial charge in [-0.05, 0) is 0 Å². The summed E-state index contributed by atoms with van der Waals surface area (Å²) in [5, 5.41) is 9.61. The van der Waals surface area contributed by atoms with Crippen molar-refractivity contribution < 1.29 is 4.79 Å². The molecule has 0 aromatic carbocycles. The zero-order valence-electron chi connectivity index (χ0n) is 10.2. The summed E-state index contributed by atoms with van der Waals surface area (Å²) in [5.41, 5.74) is 1.22. The van der Waals surface area contributed by atoms with Gasteiger partial charge < -0.3 is 10.6 Å². The molecule has 94 valence electrons. The quantitative estimate of drug-likeness (QED) is 0.804. The van der Waals surface area contributed by atoms with Crippen LogP contribution in [0.25, 0.3) is 0 Å². The molecule has 2 aromatic heterocycles. The van der Waals surface area contributed by atoms with Gasteiger partial charge in [-0.1, -0.05) is 0 Å². The molecule has 0 saturated carbocycles. The Morgan fingerprint density at radius 3 is 2.89 bits per heavy atom. The average molecular weight is 246 g/mol. The molecule has 1 amide bonds. The Kier molecular flexibility index (Phi) is 3.52. The lowest BCUT2D eigenvalue weighted by Gasteiger charge is -2.04. The van der Waals surface area contributed by atoms with E-state index in [2.05, 4.69) is 25.7 Å². The Morgan fingerprint density at radius 1 is 1.39 bits per heavy atom. The maximum atomic E-state index is 11.8. The molecule has 0 bridgehead atoms. The van der Waals surface area contributed by atoms with Gasteiger partial charge in [0.1, 0.15) is 11.5 Å². The first-order chi connectivity index (χ1) is 8.69. The Morgan fingerprint density at radius 2 is 2.22 bits per heavy atom. The van der Waals surface area contributed by atoms with E-state index in [1.807, 2.05) is 13.2 Å². The predicted octanol–water partition coefficient (Wildman–Crippen LogP) is 0.182. The summed E-state index contributed by atoms with van der Waals surface area (Å²) < 4.78 is 1.68.